The lowest BCUT2D eigenvalue weighted by atomic mass is 9.96. The topological polar surface area (TPSA) is 84.2 Å². The molecule has 4 aromatic rings. The molecule has 0 spiro atoms. The van der Waals surface area contributed by atoms with E-state index < -0.39 is 10.0 Å². The second kappa shape index (κ2) is 9.46. The van der Waals surface area contributed by atoms with Gasteiger partial charge in [-0.1, -0.05) is 60.7 Å². The maximum absolute atomic E-state index is 13.4. The Hall–Kier alpha value is -3.40. The molecule has 5 rings (SSSR count). The average Bonchev–Trinajstić information content (AvgIpc) is 3.41. The predicted octanol–water partition coefficient (Wildman–Crippen LogP) is 3.07. The zero-order valence-electron chi connectivity index (χ0n) is 18.9. The van der Waals surface area contributed by atoms with Crippen molar-refractivity contribution in [3.8, 4) is 5.69 Å². The summed E-state index contributed by atoms with van der Waals surface area (Å²) in [7, 11) is -3.60. The van der Waals surface area contributed by atoms with Gasteiger partial charge in [0.25, 0.3) is 0 Å². The van der Waals surface area contributed by atoms with Crippen molar-refractivity contribution in [2.24, 2.45) is 0 Å². The van der Waals surface area contributed by atoms with Crippen LogP contribution in [0.3, 0.4) is 0 Å². The third-order valence-electron chi connectivity index (χ3n) is 6.27. The largest absolute Gasteiger partial charge is 0.290 e. The average molecular weight is 475 g/mol. The van der Waals surface area contributed by atoms with E-state index in [1.807, 2.05) is 43.3 Å². The maximum Gasteiger partial charge on any atom is 0.243 e. The van der Waals surface area contributed by atoms with Gasteiger partial charge in [-0.2, -0.15) is 4.31 Å². The Morgan fingerprint density at radius 3 is 1.97 bits per heavy atom. The van der Waals surface area contributed by atoms with Gasteiger partial charge in [0.05, 0.1) is 16.6 Å². The van der Waals surface area contributed by atoms with Crippen molar-refractivity contribution in [3.05, 3.63) is 102 Å². The molecule has 1 aliphatic rings. The molecule has 2 heterocycles. The number of aryl methyl sites for hydroxylation is 1. The Bertz CT molecular complexity index is 1300. The number of tetrazole rings is 1. The molecule has 0 amide bonds. The minimum Gasteiger partial charge on any atom is -0.290 e. The van der Waals surface area contributed by atoms with Gasteiger partial charge in [0.1, 0.15) is 6.33 Å². The van der Waals surface area contributed by atoms with E-state index in [0.717, 1.165) is 11.3 Å². The van der Waals surface area contributed by atoms with E-state index in [1.54, 1.807) is 22.5 Å². The molecule has 174 valence electrons. The number of nitrogens with zero attached hydrogens (tertiary/aromatic N) is 6. The van der Waals surface area contributed by atoms with Crippen molar-refractivity contribution in [3.63, 3.8) is 0 Å². The summed E-state index contributed by atoms with van der Waals surface area (Å²) in [5.74, 6) is 0. The van der Waals surface area contributed by atoms with Crippen LogP contribution in [0.25, 0.3) is 5.69 Å². The molecule has 1 aromatic heterocycles. The molecular weight excluding hydrogens is 448 g/mol. The molecule has 0 bridgehead atoms. The Balaban J connectivity index is 1.35. The van der Waals surface area contributed by atoms with E-state index in [1.165, 1.54) is 22.1 Å². The molecule has 0 unspecified atom stereocenters. The molecule has 0 radical (unpaired) electrons. The van der Waals surface area contributed by atoms with Gasteiger partial charge in [0.15, 0.2) is 0 Å². The monoisotopic (exact) mass is 474 g/mol. The lowest BCUT2D eigenvalue weighted by Crippen LogP contribution is -2.49. The number of hydrogen-bond donors (Lipinski definition) is 0. The van der Waals surface area contributed by atoms with Crippen LogP contribution in [0.5, 0.6) is 0 Å². The molecule has 1 fully saturated rings. The van der Waals surface area contributed by atoms with Crippen molar-refractivity contribution < 1.29 is 8.42 Å². The fraction of sp³-hybridized carbons (Fsp3) is 0.240. The summed E-state index contributed by atoms with van der Waals surface area (Å²) in [6.45, 7) is 4.03. The summed E-state index contributed by atoms with van der Waals surface area (Å²) in [6, 6.07) is 25.9. The predicted molar refractivity (Wildman–Crippen MR) is 129 cm³/mol. The van der Waals surface area contributed by atoms with Crippen molar-refractivity contribution >= 4 is 10.0 Å². The highest BCUT2D eigenvalue weighted by atomic mass is 32.2. The first kappa shape index (κ1) is 22.4. The summed E-state index contributed by atoms with van der Waals surface area (Å²) in [5.41, 5.74) is 3.96. The van der Waals surface area contributed by atoms with E-state index in [4.69, 9.17) is 0 Å². The zero-order chi connectivity index (χ0) is 23.5. The normalized spacial score (nSPS) is 15.6. The third-order valence-corrected chi connectivity index (χ3v) is 8.17. The molecule has 9 heteroatoms. The number of piperazine rings is 1. The molecule has 0 saturated carbocycles. The quantitative estimate of drug-likeness (QED) is 0.427. The highest BCUT2D eigenvalue weighted by Gasteiger charge is 2.32. The van der Waals surface area contributed by atoms with Gasteiger partial charge in [-0.05, 0) is 52.2 Å². The first-order valence-corrected chi connectivity index (χ1v) is 12.7. The molecule has 34 heavy (non-hydrogen) atoms. The molecule has 3 aromatic carbocycles. The highest BCUT2D eigenvalue weighted by molar-refractivity contribution is 7.89. The van der Waals surface area contributed by atoms with E-state index >= 15 is 0 Å². The van der Waals surface area contributed by atoms with E-state index in [-0.39, 0.29) is 10.9 Å². The highest BCUT2D eigenvalue weighted by Crippen LogP contribution is 2.30. The molecule has 0 N–H and O–H groups in total. The van der Waals surface area contributed by atoms with Crippen LogP contribution in [-0.4, -0.2) is 64.0 Å². The van der Waals surface area contributed by atoms with Gasteiger partial charge in [0, 0.05) is 26.2 Å². The number of aromatic nitrogens is 4. The fourth-order valence-electron chi connectivity index (χ4n) is 4.55. The summed E-state index contributed by atoms with van der Waals surface area (Å²) in [4.78, 5) is 2.65. The van der Waals surface area contributed by atoms with Gasteiger partial charge in [-0.15, -0.1) is 5.10 Å². The van der Waals surface area contributed by atoms with Crippen LogP contribution in [-0.2, 0) is 10.0 Å². The van der Waals surface area contributed by atoms with Crippen LogP contribution in [0.4, 0.5) is 0 Å². The van der Waals surface area contributed by atoms with Gasteiger partial charge < -0.3 is 0 Å². The minimum atomic E-state index is -3.60. The SMILES string of the molecule is Cc1cc(S(=O)(=O)N2CCN(C(c3ccccc3)c3ccccc3)CC2)ccc1-n1cnnn1. The summed E-state index contributed by atoms with van der Waals surface area (Å²) >= 11 is 0. The van der Waals surface area contributed by atoms with Gasteiger partial charge >= 0.3 is 0 Å². The second-order valence-corrected chi connectivity index (χ2v) is 10.3. The molecule has 1 aliphatic heterocycles. The molecule has 0 atom stereocenters. The van der Waals surface area contributed by atoms with E-state index in [0.29, 0.717) is 26.2 Å². The fourth-order valence-corrected chi connectivity index (χ4v) is 6.06. The van der Waals surface area contributed by atoms with Crippen molar-refractivity contribution in [2.45, 2.75) is 17.9 Å². The lowest BCUT2D eigenvalue weighted by Gasteiger charge is -2.39. The minimum absolute atomic E-state index is 0.0880. The Morgan fingerprint density at radius 1 is 0.824 bits per heavy atom. The van der Waals surface area contributed by atoms with Crippen LogP contribution >= 0.6 is 0 Å². The number of benzene rings is 3. The maximum atomic E-state index is 13.4. The van der Waals surface area contributed by atoms with Crippen molar-refractivity contribution in [1.82, 2.24) is 29.4 Å². The second-order valence-electron chi connectivity index (χ2n) is 8.37. The molecule has 0 aliphatic carbocycles. The van der Waals surface area contributed by atoms with Crippen LogP contribution < -0.4 is 0 Å². The lowest BCUT2D eigenvalue weighted by molar-refractivity contribution is 0.156. The number of rotatable bonds is 6. The number of sulfonamides is 1. The Labute approximate surface area is 199 Å². The van der Waals surface area contributed by atoms with Crippen LogP contribution in [0.15, 0.2) is 90.1 Å². The van der Waals surface area contributed by atoms with E-state index in [2.05, 4.69) is 44.7 Å². The smallest absolute Gasteiger partial charge is 0.243 e. The zero-order valence-corrected chi connectivity index (χ0v) is 19.7. The van der Waals surface area contributed by atoms with Crippen LogP contribution in [0.1, 0.15) is 22.7 Å². The van der Waals surface area contributed by atoms with Crippen molar-refractivity contribution in [2.75, 3.05) is 26.2 Å². The molecule has 8 nitrogen and oxygen atoms in total. The Kier molecular flexibility index (Phi) is 6.23. The molecule has 1 saturated heterocycles. The molecular formula is C25H26N6O2S. The Morgan fingerprint density at radius 2 is 1.44 bits per heavy atom. The van der Waals surface area contributed by atoms with Crippen LogP contribution in [0.2, 0.25) is 0 Å². The summed E-state index contributed by atoms with van der Waals surface area (Å²) in [5, 5.41) is 11.2. The van der Waals surface area contributed by atoms with Crippen molar-refractivity contribution in [1.29, 1.82) is 0 Å². The third kappa shape index (κ3) is 4.37. The van der Waals surface area contributed by atoms with E-state index in [9.17, 15) is 8.42 Å². The summed E-state index contributed by atoms with van der Waals surface area (Å²) in [6.07, 6.45) is 1.49. The first-order chi connectivity index (χ1) is 16.5. The summed E-state index contributed by atoms with van der Waals surface area (Å²) < 4.78 is 29.9. The standard InChI is InChI=1S/C25H26N6O2S/c1-20-18-23(12-13-24(20)31-19-26-27-28-31)34(32,33)30-16-14-29(15-17-30)25(21-8-4-2-5-9-21)22-10-6-3-7-11-22/h2-13,18-19,25H,14-17H2,1H3. The van der Waals surface area contributed by atoms with Gasteiger partial charge in [-0.25, -0.2) is 13.1 Å². The van der Waals surface area contributed by atoms with Crippen LogP contribution in [0, 0.1) is 6.92 Å². The number of hydrogen-bond acceptors (Lipinski definition) is 6. The van der Waals surface area contributed by atoms with Gasteiger partial charge in [0.2, 0.25) is 10.0 Å². The van der Waals surface area contributed by atoms with Gasteiger partial charge in [-0.3, -0.25) is 4.90 Å². The first-order valence-electron chi connectivity index (χ1n) is 11.2.